The Morgan fingerprint density at radius 2 is 2.06 bits per heavy atom. The van der Waals surface area contributed by atoms with E-state index in [2.05, 4.69) is 20.7 Å². The quantitative estimate of drug-likeness (QED) is 0.805. The molecular weight excluding hydrogens is 323 g/mol. The minimum absolute atomic E-state index is 0.0498. The largest absolute Gasteiger partial charge is 0.309 e. The molecule has 0 aliphatic carbocycles. The van der Waals surface area contributed by atoms with Crippen LogP contribution < -0.4 is 4.72 Å². The Bertz CT molecular complexity index is 506. The standard InChI is InChI=1S/C11H16BrFN2O2S/c1-15(2)7-3-6-14-18(16,17)11-5-4-9(13)8-10(11)12/h4-5,8,14H,3,6-7H2,1-2H3. The first-order valence-corrected chi connectivity index (χ1v) is 7.70. The maximum Gasteiger partial charge on any atom is 0.241 e. The van der Waals surface area contributed by atoms with Crippen molar-refractivity contribution in [3.05, 3.63) is 28.5 Å². The van der Waals surface area contributed by atoms with Gasteiger partial charge >= 0.3 is 0 Å². The van der Waals surface area contributed by atoms with Gasteiger partial charge in [-0.15, -0.1) is 0 Å². The van der Waals surface area contributed by atoms with Gasteiger partial charge in [0.2, 0.25) is 10.0 Å². The van der Waals surface area contributed by atoms with Crippen molar-refractivity contribution in [3.63, 3.8) is 0 Å². The van der Waals surface area contributed by atoms with E-state index < -0.39 is 15.8 Å². The Hall–Kier alpha value is -0.500. The number of sulfonamides is 1. The van der Waals surface area contributed by atoms with Gasteiger partial charge in [0.15, 0.2) is 0 Å². The molecule has 0 bridgehead atoms. The first-order valence-electron chi connectivity index (χ1n) is 5.42. The third kappa shape index (κ3) is 4.64. The third-order valence-corrected chi connectivity index (χ3v) is 4.70. The summed E-state index contributed by atoms with van der Waals surface area (Å²) in [5, 5.41) is 0. The predicted molar refractivity (Wildman–Crippen MR) is 72.5 cm³/mol. The molecule has 0 unspecified atom stereocenters. The van der Waals surface area contributed by atoms with Crippen molar-refractivity contribution in [1.29, 1.82) is 0 Å². The van der Waals surface area contributed by atoms with Gasteiger partial charge in [-0.3, -0.25) is 0 Å². The summed E-state index contributed by atoms with van der Waals surface area (Å²) in [6.45, 7) is 1.15. The molecule has 0 radical (unpaired) electrons. The predicted octanol–water partition coefficient (Wildman–Crippen LogP) is 1.82. The van der Waals surface area contributed by atoms with Crippen LogP contribution in [-0.2, 0) is 10.0 Å². The van der Waals surface area contributed by atoms with E-state index in [9.17, 15) is 12.8 Å². The molecule has 4 nitrogen and oxygen atoms in total. The number of hydrogen-bond donors (Lipinski definition) is 1. The minimum Gasteiger partial charge on any atom is -0.309 e. The Balaban J connectivity index is 2.69. The van der Waals surface area contributed by atoms with Crippen LogP contribution in [0.4, 0.5) is 4.39 Å². The summed E-state index contributed by atoms with van der Waals surface area (Å²) in [6, 6.07) is 3.50. The van der Waals surface area contributed by atoms with Gasteiger partial charge in [-0.1, -0.05) is 0 Å². The second-order valence-electron chi connectivity index (χ2n) is 4.13. The first kappa shape index (κ1) is 15.6. The zero-order valence-electron chi connectivity index (χ0n) is 10.3. The fraction of sp³-hybridized carbons (Fsp3) is 0.455. The van der Waals surface area contributed by atoms with E-state index in [1.165, 1.54) is 6.07 Å². The number of hydrogen-bond acceptors (Lipinski definition) is 3. The normalized spacial score (nSPS) is 12.1. The highest BCUT2D eigenvalue weighted by atomic mass is 79.9. The molecule has 1 rings (SSSR count). The Morgan fingerprint density at radius 1 is 1.39 bits per heavy atom. The molecule has 1 aromatic rings. The van der Waals surface area contributed by atoms with Crippen molar-refractivity contribution in [1.82, 2.24) is 9.62 Å². The van der Waals surface area contributed by atoms with E-state index in [1.54, 1.807) is 0 Å². The van der Waals surface area contributed by atoms with Crippen LogP contribution in [0.25, 0.3) is 0 Å². The van der Waals surface area contributed by atoms with E-state index in [1.807, 2.05) is 19.0 Å². The topological polar surface area (TPSA) is 49.4 Å². The summed E-state index contributed by atoms with van der Waals surface area (Å²) in [6.07, 6.45) is 0.713. The van der Waals surface area contributed by atoms with Gasteiger partial charge in [0.25, 0.3) is 0 Å². The molecule has 0 fully saturated rings. The van der Waals surface area contributed by atoms with E-state index in [0.717, 1.165) is 18.7 Å². The van der Waals surface area contributed by atoms with Crippen LogP contribution in [0.5, 0.6) is 0 Å². The molecule has 0 saturated carbocycles. The minimum atomic E-state index is -3.59. The van der Waals surface area contributed by atoms with Crippen LogP contribution in [0.2, 0.25) is 0 Å². The molecule has 0 aliphatic rings. The summed E-state index contributed by atoms with van der Waals surface area (Å²) in [4.78, 5) is 2.02. The van der Waals surface area contributed by atoms with Crippen LogP contribution in [0.15, 0.2) is 27.6 Å². The second-order valence-corrected chi connectivity index (χ2v) is 6.72. The first-order chi connectivity index (χ1) is 8.33. The molecule has 1 N–H and O–H groups in total. The van der Waals surface area contributed by atoms with Gasteiger partial charge in [-0.05, 0) is 61.2 Å². The van der Waals surface area contributed by atoms with Crippen LogP contribution in [0, 0.1) is 5.82 Å². The van der Waals surface area contributed by atoms with Gasteiger partial charge in [0.1, 0.15) is 5.82 Å². The molecule has 0 heterocycles. The van der Waals surface area contributed by atoms with Crippen LogP contribution in [-0.4, -0.2) is 40.5 Å². The van der Waals surface area contributed by atoms with Crippen molar-refractivity contribution in [3.8, 4) is 0 Å². The number of nitrogens with one attached hydrogen (secondary N) is 1. The summed E-state index contributed by atoms with van der Waals surface area (Å²) < 4.78 is 39.5. The third-order valence-electron chi connectivity index (χ3n) is 2.26. The lowest BCUT2D eigenvalue weighted by Gasteiger charge is -2.11. The highest BCUT2D eigenvalue weighted by Crippen LogP contribution is 2.22. The molecule has 0 aliphatic heterocycles. The molecule has 0 atom stereocenters. The molecule has 7 heteroatoms. The maximum atomic E-state index is 12.9. The molecule has 1 aromatic carbocycles. The Labute approximate surface area is 115 Å². The lowest BCUT2D eigenvalue weighted by molar-refractivity contribution is 0.400. The van der Waals surface area contributed by atoms with Crippen molar-refractivity contribution in [2.45, 2.75) is 11.3 Å². The average molecular weight is 339 g/mol. The number of halogens is 2. The zero-order chi connectivity index (χ0) is 13.8. The molecule has 102 valence electrons. The van der Waals surface area contributed by atoms with Crippen molar-refractivity contribution in [2.75, 3.05) is 27.2 Å². The number of rotatable bonds is 6. The lowest BCUT2D eigenvalue weighted by atomic mass is 10.3. The van der Waals surface area contributed by atoms with Gasteiger partial charge < -0.3 is 4.90 Å². The van der Waals surface area contributed by atoms with E-state index in [0.29, 0.717) is 13.0 Å². The fourth-order valence-corrected chi connectivity index (χ4v) is 3.49. The molecular formula is C11H16BrFN2O2S. The average Bonchev–Trinajstić information content (AvgIpc) is 2.23. The van der Waals surface area contributed by atoms with E-state index in [-0.39, 0.29) is 9.37 Å². The number of nitrogens with zero attached hydrogens (tertiary/aromatic N) is 1. The summed E-state index contributed by atoms with van der Waals surface area (Å²) in [5.41, 5.74) is 0. The van der Waals surface area contributed by atoms with E-state index >= 15 is 0 Å². The van der Waals surface area contributed by atoms with Gasteiger partial charge in [-0.25, -0.2) is 17.5 Å². The molecule has 18 heavy (non-hydrogen) atoms. The SMILES string of the molecule is CN(C)CCCNS(=O)(=O)c1ccc(F)cc1Br. The van der Waals surface area contributed by atoms with Crippen LogP contribution >= 0.6 is 15.9 Å². The lowest BCUT2D eigenvalue weighted by Crippen LogP contribution is -2.27. The van der Waals surface area contributed by atoms with Crippen molar-refractivity contribution >= 4 is 26.0 Å². The smallest absolute Gasteiger partial charge is 0.241 e. The number of benzene rings is 1. The monoisotopic (exact) mass is 338 g/mol. The van der Waals surface area contributed by atoms with E-state index in [4.69, 9.17) is 0 Å². The highest BCUT2D eigenvalue weighted by Gasteiger charge is 2.17. The summed E-state index contributed by atoms with van der Waals surface area (Å²) in [5.74, 6) is -0.478. The Kier molecular flexibility index (Phi) is 5.71. The zero-order valence-corrected chi connectivity index (χ0v) is 12.7. The van der Waals surface area contributed by atoms with Gasteiger partial charge in [-0.2, -0.15) is 0 Å². The Morgan fingerprint density at radius 3 is 2.61 bits per heavy atom. The summed E-state index contributed by atoms with van der Waals surface area (Å²) >= 11 is 3.05. The van der Waals surface area contributed by atoms with Crippen LogP contribution in [0.1, 0.15) is 6.42 Å². The van der Waals surface area contributed by atoms with Crippen LogP contribution in [0.3, 0.4) is 0 Å². The van der Waals surface area contributed by atoms with Crippen molar-refractivity contribution in [2.24, 2.45) is 0 Å². The summed E-state index contributed by atoms with van der Waals surface area (Å²) in [7, 11) is 0.256. The molecule has 0 aromatic heterocycles. The molecule has 0 amide bonds. The van der Waals surface area contributed by atoms with Gasteiger partial charge in [0.05, 0.1) is 4.90 Å². The maximum absolute atomic E-state index is 12.9. The molecule has 0 spiro atoms. The highest BCUT2D eigenvalue weighted by molar-refractivity contribution is 9.10. The van der Waals surface area contributed by atoms with Gasteiger partial charge in [0, 0.05) is 11.0 Å². The second kappa shape index (κ2) is 6.60. The van der Waals surface area contributed by atoms with Crippen molar-refractivity contribution < 1.29 is 12.8 Å². The fourth-order valence-electron chi connectivity index (χ4n) is 1.37. The molecule has 0 saturated heterocycles.